The van der Waals surface area contributed by atoms with Crippen LogP contribution in [0.2, 0.25) is 0 Å². The zero-order valence-electron chi connectivity index (χ0n) is 8.46. The van der Waals surface area contributed by atoms with Crippen molar-refractivity contribution in [3.8, 4) is 0 Å². The van der Waals surface area contributed by atoms with Crippen molar-refractivity contribution in [2.45, 2.75) is 49.6 Å². The summed E-state index contributed by atoms with van der Waals surface area (Å²) in [5.74, 6) is 0. The Balaban J connectivity index is 2.03. The summed E-state index contributed by atoms with van der Waals surface area (Å²) >= 11 is 3.54. The minimum absolute atomic E-state index is 0.265. The molecule has 3 atom stereocenters. The van der Waals surface area contributed by atoms with E-state index in [1.165, 1.54) is 19.3 Å². The maximum Gasteiger partial charge on any atom is 0.0958 e. The molecule has 0 spiro atoms. The van der Waals surface area contributed by atoms with Gasteiger partial charge in [0, 0.05) is 18.5 Å². The van der Waals surface area contributed by atoms with Gasteiger partial charge in [-0.3, -0.25) is 0 Å². The first-order chi connectivity index (χ1) is 6.29. The molecule has 0 aromatic rings. The third-order valence-corrected chi connectivity index (χ3v) is 3.43. The predicted octanol–water partition coefficient (Wildman–Crippen LogP) is 2.74. The molecule has 13 heavy (non-hydrogen) atoms. The molecule has 0 saturated heterocycles. The Morgan fingerprint density at radius 2 is 2.15 bits per heavy atom. The molecule has 0 amide bonds. The monoisotopic (exact) mass is 250 g/mol. The van der Waals surface area contributed by atoms with Gasteiger partial charge in [-0.2, -0.15) is 0 Å². The maximum absolute atomic E-state index is 5.70. The van der Waals surface area contributed by atoms with Crippen LogP contribution in [0, 0.1) is 0 Å². The average Bonchev–Trinajstić information content (AvgIpc) is 2.11. The van der Waals surface area contributed by atoms with Gasteiger partial charge in [0.25, 0.3) is 0 Å². The fourth-order valence-electron chi connectivity index (χ4n) is 1.58. The van der Waals surface area contributed by atoms with E-state index in [2.05, 4.69) is 22.9 Å². The molecular formula is C10H19BrO2. The van der Waals surface area contributed by atoms with E-state index in [1.807, 2.05) is 0 Å². The Bertz CT molecular complexity index is 141. The van der Waals surface area contributed by atoms with Gasteiger partial charge in [-0.15, -0.1) is 0 Å². The second-order valence-electron chi connectivity index (χ2n) is 3.57. The first-order valence-electron chi connectivity index (χ1n) is 5.08. The van der Waals surface area contributed by atoms with Gasteiger partial charge in [-0.25, -0.2) is 0 Å². The van der Waals surface area contributed by atoms with Crippen LogP contribution in [-0.2, 0) is 9.47 Å². The van der Waals surface area contributed by atoms with Crippen molar-refractivity contribution in [3.05, 3.63) is 0 Å². The summed E-state index contributed by atoms with van der Waals surface area (Å²) in [5, 5.41) is 0. The summed E-state index contributed by atoms with van der Waals surface area (Å²) < 4.78 is 11.0. The molecular weight excluding hydrogens is 232 g/mol. The quantitative estimate of drug-likeness (QED) is 0.533. The summed E-state index contributed by atoms with van der Waals surface area (Å²) in [5.41, 5.74) is 0. The van der Waals surface area contributed by atoms with Gasteiger partial charge in [0.2, 0.25) is 0 Å². The standard InChI is InChI=1S/C10H19BrO2/c1-3-4-5-6-13-9-7-8(11)10(9)12-2/h8-10H,3-7H2,1-2H3. The Kier molecular flexibility index (Phi) is 5.29. The van der Waals surface area contributed by atoms with Gasteiger partial charge in [-0.1, -0.05) is 35.7 Å². The highest BCUT2D eigenvalue weighted by Crippen LogP contribution is 2.32. The molecule has 1 saturated carbocycles. The molecule has 0 heterocycles. The van der Waals surface area contributed by atoms with E-state index >= 15 is 0 Å². The first-order valence-corrected chi connectivity index (χ1v) is 5.99. The topological polar surface area (TPSA) is 18.5 Å². The smallest absolute Gasteiger partial charge is 0.0958 e. The number of ether oxygens (including phenoxy) is 2. The molecule has 1 fully saturated rings. The molecule has 1 aliphatic rings. The minimum atomic E-state index is 0.265. The molecule has 1 aliphatic carbocycles. The van der Waals surface area contributed by atoms with Gasteiger partial charge in [0.05, 0.1) is 12.2 Å². The lowest BCUT2D eigenvalue weighted by Crippen LogP contribution is -2.50. The van der Waals surface area contributed by atoms with Crippen molar-refractivity contribution in [2.24, 2.45) is 0 Å². The zero-order chi connectivity index (χ0) is 9.68. The number of hydrogen-bond acceptors (Lipinski definition) is 2. The SMILES string of the molecule is CCCCCOC1CC(Br)C1OC. The summed E-state index contributed by atoms with van der Waals surface area (Å²) in [6.45, 7) is 3.09. The number of unbranched alkanes of at least 4 members (excludes halogenated alkanes) is 2. The molecule has 78 valence electrons. The van der Waals surface area contributed by atoms with Crippen molar-refractivity contribution < 1.29 is 9.47 Å². The second kappa shape index (κ2) is 5.99. The van der Waals surface area contributed by atoms with Crippen LogP contribution in [0.4, 0.5) is 0 Å². The van der Waals surface area contributed by atoms with E-state index in [0.717, 1.165) is 13.0 Å². The van der Waals surface area contributed by atoms with Crippen LogP contribution in [0.1, 0.15) is 32.6 Å². The van der Waals surface area contributed by atoms with E-state index in [0.29, 0.717) is 10.9 Å². The van der Waals surface area contributed by atoms with Crippen molar-refractivity contribution in [1.29, 1.82) is 0 Å². The number of rotatable bonds is 6. The molecule has 3 unspecified atom stereocenters. The largest absolute Gasteiger partial charge is 0.378 e. The van der Waals surface area contributed by atoms with Gasteiger partial charge in [0.15, 0.2) is 0 Å². The minimum Gasteiger partial charge on any atom is -0.378 e. The molecule has 0 aromatic heterocycles. The van der Waals surface area contributed by atoms with E-state index < -0.39 is 0 Å². The van der Waals surface area contributed by atoms with Gasteiger partial charge in [-0.05, 0) is 12.8 Å². The van der Waals surface area contributed by atoms with Crippen LogP contribution in [0.15, 0.2) is 0 Å². The number of hydrogen-bond donors (Lipinski definition) is 0. The predicted molar refractivity (Wildman–Crippen MR) is 57.4 cm³/mol. The van der Waals surface area contributed by atoms with Crippen LogP contribution in [-0.4, -0.2) is 30.8 Å². The fraction of sp³-hybridized carbons (Fsp3) is 1.00. The molecule has 0 radical (unpaired) electrons. The molecule has 0 N–H and O–H groups in total. The highest BCUT2D eigenvalue weighted by molar-refractivity contribution is 9.09. The van der Waals surface area contributed by atoms with Crippen LogP contribution >= 0.6 is 15.9 Å². The highest BCUT2D eigenvalue weighted by atomic mass is 79.9. The molecule has 0 aromatic carbocycles. The molecule has 3 heteroatoms. The lowest BCUT2D eigenvalue weighted by molar-refractivity contribution is -0.107. The zero-order valence-corrected chi connectivity index (χ0v) is 10.0. The van der Waals surface area contributed by atoms with Crippen LogP contribution < -0.4 is 0 Å². The Hall–Kier alpha value is 0.400. The van der Waals surface area contributed by atoms with Crippen molar-refractivity contribution >= 4 is 15.9 Å². The van der Waals surface area contributed by atoms with E-state index in [-0.39, 0.29) is 6.10 Å². The van der Waals surface area contributed by atoms with Gasteiger partial charge < -0.3 is 9.47 Å². The van der Waals surface area contributed by atoms with Crippen LogP contribution in [0.3, 0.4) is 0 Å². The van der Waals surface area contributed by atoms with Crippen molar-refractivity contribution in [3.63, 3.8) is 0 Å². The lowest BCUT2D eigenvalue weighted by atomic mass is 9.91. The van der Waals surface area contributed by atoms with Gasteiger partial charge in [0.1, 0.15) is 0 Å². The second-order valence-corrected chi connectivity index (χ2v) is 4.74. The van der Waals surface area contributed by atoms with E-state index in [1.54, 1.807) is 7.11 Å². The summed E-state index contributed by atoms with van der Waals surface area (Å²) in [4.78, 5) is 0.494. The molecule has 0 bridgehead atoms. The number of halogens is 1. The lowest BCUT2D eigenvalue weighted by Gasteiger charge is -2.40. The first kappa shape index (κ1) is 11.5. The third-order valence-electron chi connectivity index (χ3n) is 2.53. The molecule has 1 rings (SSSR count). The fourth-order valence-corrected chi connectivity index (χ4v) is 2.50. The summed E-state index contributed by atoms with van der Waals surface area (Å²) in [6.07, 6.45) is 5.37. The molecule has 0 aliphatic heterocycles. The number of methoxy groups -OCH3 is 1. The average molecular weight is 251 g/mol. The normalized spacial score (nSPS) is 33.0. The Morgan fingerprint density at radius 1 is 1.38 bits per heavy atom. The Morgan fingerprint density at radius 3 is 2.69 bits per heavy atom. The van der Waals surface area contributed by atoms with E-state index in [4.69, 9.17) is 9.47 Å². The summed E-state index contributed by atoms with van der Waals surface area (Å²) in [7, 11) is 1.75. The maximum atomic E-state index is 5.70. The highest BCUT2D eigenvalue weighted by Gasteiger charge is 2.40. The van der Waals surface area contributed by atoms with Crippen molar-refractivity contribution in [2.75, 3.05) is 13.7 Å². The summed E-state index contributed by atoms with van der Waals surface area (Å²) in [6, 6.07) is 0. The van der Waals surface area contributed by atoms with Crippen LogP contribution in [0.5, 0.6) is 0 Å². The van der Waals surface area contributed by atoms with Gasteiger partial charge >= 0.3 is 0 Å². The molecule has 2 nitrogen and oxygen atoms in total. The van der Waals surface area contributed by atoms with Crippen molar-refractivity contribution in [1.82, 2.24) is 0 Å². The number of alkyl halides is 1. The third kappa shape index (κ3) is 3.22. The van der Waals surface area contributed by atoms with Crippen LogP contribution in [0.25, 0.3) is 0 Å². The van der Waals surface area contributed by atoms with E-state index in [9.17, 15) is 0 Å². The Labute approximate surface area is 89.1 Å².